The molecule has 0 aliphatic rings. The van der Waals surface area contributed by atoms with Crippen molar-refractivity contribution < 1.29 is 9.90 Å². The smallest absolute Gasteiger partial charge is 0.256 e. The minimum absolute atomic E-state index is 0.210. The maximum absolute atomic E-state index is 12.3. The molecule has 2 rings (SSSR count). The standard InChI is InChI=1S/C17H15NO2/c1-13-9-10-16(14(12-13)6-5-11-19)17(20)18-15-7-3-2-4-8-15/h2-4,7-10,12,19H,11H2,1H3,(H,18,20). The van der Waals surface area contributed by atoms with E-state index in [0.29, 0.717) is 11.1 Å². The Bertz CT molecular complexity index is 666. The summed E-state index contributed by atoms with van der Waals surface area (Å²) >= 11 is 0. The summed E-state index contributed by atoms with van der Waals surface area (Å²) in [5.41, 5.74) is 2.87. The highest BCUT2D eigenvalue weighted by Gasteiger charge is 2.10. The summed E-state index contributed by atoms with van der Waals surface area (Å²) in [5.74, 6) is 5.18. The second-order valence-electron chi connectivity index (χ2n) is 4.33. The predicted octanol–water partition coefficient (Wildman–Crippen LogP) is 2.59. The van der Waals surface area contributed by atoms with Gasteiger partial charge >= 0.3 is 0 Å². The maximum Gasteiger partial charge on any atom is 0.256 e. The molecule has 0 aliphatic carbocycles. The molecule has 0 bridgehead atoms. The Morgan fingerprint density at radius 2 is 1.95 bits per heavy atom. The average molecular weight is 265 g/mol. The lowest BCUT2D eigenvalue weighted by Crippen LogP contribution is -2.13. The number of para-hydroxylation sites is 1. The van der Waals surface area contributed by atoms with E-state index in [1.165, 1.54) is 0 Å². The van der Waals surface area contributed by atoms with E-state index in [1.54, 1.807) is 6.07 Å². The Hall–Kier alpha value is -2.57. The molecule has 0 radical (unpaired) electrons. The molecule has 100 valence electrons. The van der Waals surface area contributed by atoms with Gasteiger partial charge in [-0.05, 0) is 36.8 Å². The predicted molar refractivity (Wildman–Crippen MR) is 79.5 cm³/mol. The molecule has 0 atom stereocenters. The van der Waals surface area contributed by atoms with Crippen LogP contribution in [0.1, 0.15) is 21.5 Å². The van der Waals surface area contributed by atoms with Crippen LogP contribution >= 0.6 is 0 Å². The molecule has 3 nitrogen and oxygen atoms in total. The molecule has 2 N–H and O–H groups in total. The van der Waals surface area contributed by atoms with Crippen molar-refractivity contribution in [1.82, 2.24) is 0 Å². The Labute approximate surface area is 118 Å². The summed E-state index contributed by atoms with van der Waals surface area (Å²) in [7, 11) is 0. The zero-order valence-corrected chi connectivity index (χ0v) is 11.2. The van der Waals surface area contributed by atoms with Gasteiger partial charge in [-0.1, -0.05) is 36.1 Å². The van der Waals surface area contributed by atoms with Crippen molar-refractivity contribution in [2.24, 2.45) is 0 Å². The van der Waals surface area contributed by atoms with Gasteiger partial charge in [0.15, 0.2) is 0 Å². The van der Waals surface area contributed by atoms with Crippen LogP contribution in [0.5, 0.6) is 0 Å². The molecule has 0 saturated carbocycles. The number of benzene rings is 2. The number of hydrogen-bond acceptors (Lipinski definition) is 2. The van der Waals surface area contributed by atoms with Gasteiger partial charge in [0.2, 0.25) is 0 Å². The first-order valence-corrected chi connectivity index (χ1v) is 6.27. The van der Waals surface area contributed by atoms with Gasteiger partial charge in [0, 0.05) is 11.3 Å². The van der Waals surface area contributed by atoms with Crippen LogP contribution in [0.15, 0.2) is 48.5 Å². The van der Waals surface area contributed by atoms with Crippen molar-refractivity contribution in [2.75, 3.05) is 11.9 Å². The van der Waals surface area contributed by atoms with E-state index in [9.17, 15) is 4.79 Å². The lowest BCUT2D eigenvalue weighted by atomic mass is 10.0. The lowest BCUT2D eigenvalue weighted by molar-refractivity contribution is 0.102. The molecule has 0 fully saturated rings. The second kappa shape index (κ2) is 6.55. The minimum atomic E-state index is -0.228. The van der Waals surface area contributed by atoms with Crippen LogP contribution in [0, 0.1) is 18.8 Å². The monoisotopic (exact) mass is 265 g/mol. The number of carbonyl (C=O) groups is 1. The lowest BCUT2D eigenvalue weighted by Gasteiger charge is -2.07. The summed E-state index contributed by atoms with van der Waals surface area (Å²) in [6, 6.07) is 14.7. The number of hydrogen-bond donors (Lipinski definition) is 2. The van der Waals surface area contributed by atoms with E-state index in [4.69, 9.17) is 5.11 Å². The molecule has 0 unspecified atom stereocenters. The van der Waals surface area contributed by atoms with E-state index in [1.807, 2.05) is 49.4 Å². The fourth-order valence-electron chi connectivity index (χ4n) is 1.81. The Balaban J connectivity index is 2.30. The van der Waals surface area contributed by atoms with Gasteiger partial charge in [-0.2, -0.15) is 0 Å². The minimum Gasteiger partial charge on any atom is -0.384 e. The first-order chi connectivity index (χ1) is 9.70. The number of aliphatic hydroxyl groups excluding tert-OH is 1. The quantitative estimate of drug-likeness (QED) is 0.820. The van der Waals surface area contributed by atoms with Crippen molar-refractivity contribution in [2.45, 2.75) is 6.92 Å². The highest BCUT2D eigenvalue weighted by molar-refractivity contribution is 6.06. The Kier molecular flexibility index (Phi) is 4.54. The average Bonchev–Trinajstić information content (AvgIpc) is 2.46. The van der Waals surface area contributed by atoms with Gasteiger partial charge in [0.05, 0.1) is 5.56 Å². The number of carbonyl (C=O) groups excluding carboxylic acids is 1. The van der Waals surface area contributed by atoms with Gasteiger partial charge in [-0.25, -0.2) is 0 Å². The van der Waals surface area contributed by atoms with Gasteiger partial charge in [-0.3, -0.25) is 4.79 Å². The number of rotatable bonds is 2. The number of aliphatic hydroxyl groups is 1. The van der Waals surface area contributed by atoms with Crippen molar-refractivity contribution in [3.05, 3.63) is 65.2 Å². The number of nitrogens with one attached hydrogen (secondary N) is 1. The molecular weight excluding hydrogens is 250 g/mol. The Morgan fingerprint density at radius 3 is 2.65 bits per heavy atom. The van der Waals surface area contributed by atoms with Crippen molar-refractivity contribution in [3.8, 4) is 11.8 Å². The molecule has 0 spiro atoms. The summed E-state index contributed by atoms with van der Waals surface area (Å²) in [6.45, 7) is 1.71. The van der Waals surface area contributed by atoms with Crippen molar-refractivity contribution in [1.29, 1.82) is 0 Å². The van der Waals surface area contributed by atoms with Crippen LogP contribution < -0.4 is 5.32 Å². The van der Waals surface area contributed by atoms with Crippen LogP contribution in [0.2, 0.25) is 0 Å². The van der Waals surface area contributed by atoms with Crippen molar-refractivity contribution in [3.63, 3.8) is 0 Å². The molecule has 2 aromatic rings. The van der Waals surface area contributed by atoms with Gasteiger partial charge in [0.25, 0.3) is 5.91 Å². The fourth-order valence-corrected chi connectivity index (χ4v) is 1.81. The second-order valence-corrected chi connectivity index (χ2v) is 4.33. The zero-order valence-electron chi connectivity index (χ0n) is 11.2. The Morgan fingerprint density at radius 1 is 1.20 bits per heavy atom. The molecular formula is C17H15NO2. The zero-order chi connectivity index (χ0) is 14.4. The number of amides is 1. The molecule has 20 heavy (non-hydrogen) atoms. The van der Waals surface area contributed by atoms with Gasteiger partial charge < -0.3 is 10.4 Å². The number of aryl methyl sites for hydroxylation is 1. The van der Waals surface area contributed by atoms with Crippen LogP contribution in [0.3, 0.4) is 0 Å². The first-order valence-electron chi connectivity index (χ1n) is 6.27. The highest BCUT2D eigenvalue weighted by atomic mass is 16.2. The fraction of sp³-hybridized carbons (Fsp3) is 0.118. The van der Waals surface area contributed by atoms with E-state index < -0.39 is 0 Å². The third kappa shape index (κ3) is 3.47. The summed E-state index contributed by atoms with van der Waals surface area (Å²) < 4.78 is 0. The van der Waals surface area contributed by atoms with Gasteiger partial charge in [-0.15, -0.1) is 0 Å². The first kappa shape index (κ1) is 13.9. The summed E-state index contributed by atoms with van der Waals surface area (Å²) in [5, 5.41) is 11.6. The summed E-state index contributed by atoms with van der Waals surface area (Å²) in [4.78, 5) is 12.3. The van der Waals surface area contributed by atoms with E-state index >= 15 is 0 Å². The number of anilines is 1. The molecule has 1 amide bonds. The molecule has 0 heterocycles. The molecule has 0 aromatic heterocycles. The van der Waals surface area contributed by atoms with Gasteiger partial charge in [0.1, 0.15) is 6.61 Å². The topological polar surface area (TPSA) is 49.3 Å². The SMILES string of the molecule is Cc1ccc(C(=O)Nc2ccccc2)c(C#CCO)c1. The molecule has 0 aliphatic heterocycles. The van der Waals surface area contributed by atoms with E-state index in [2.05, 4.69) is 17.2 Å². The molecule has 3 heteroatoms. The van der Waals surface area contributed by atoms with Crippen LogP contribution in [-0.2, 0) is 0 Å². The van der Waals surface area contributed by atoms with Crippen LogP contribution in [0.25, 0.3) is 0 Å². The van der Waals surface area contributed by atoms with Crippen molar-refractivity contribution >= 4 is 11.6 Å². The highest BCUT2D eigenvalue weighted by Crippen LogP contribution is 2.14. The maximum atomic E-state index is 12.3. The molecule has 2 aromatic carbocycles. The third-order valence-corrected chi connectivity index (χ3v) is 2.75. The largest absolute Gasteiger partial charge is 0.384 e. The summed E-state index contributed by atoms with van der Waals surface area (Å²) in [6.07, 6.45) is 0. The molecule has 0 saturated heterocycles. The van der Waals surface area contributed by atoms with Crippen LogP contribution in [-0.4, -0.2) is 17.6 Å². The van der Waals surface area contributed by atoms with E-state index in [-0.39, 0.29) is 12.5 Å². The van der Waals surface area contributed by atoms with E-state index in [0.717, 1.165) is 11.3 Å². The normalized spacial score (nSPS) is 9.50. The third-order valence-electron chi connectivity index (χ3n) is 2.75. The van der Waals surface area contributed by atoms with Crippen LogP contribution in [0.4, 0.5) is 5.69 Å².